The number of imidazole rings is 1. The molecule has 7 heteroatoms. The van der Waals surface area contributed by atoms with E-state index in [1.54, 1.807) is 17.0 Å². The van der Waals surface area contributed by atoms with Crippen molar-refractivity contribution in [1.82, 2.24) is 9.55 Å². The van der Waals surface area contributed by atoms with Crippen molar-refractivity contribution >= 4 is 45.8 Å². The third kappa shape index (κ3) is 3.07. The van der Waals surface area contributed by atoms with Crippen LogP contribution in [-0.4, -0.2) is 26.3 Å². The molecule has 28 heavy (non-hydrogen) atoms. The Labute approximate surface area is 171 Å². The van der Waals surface area contributed by atoms with Gasteiger partial charge in [-0.15, -0.1) is 23.2 Å². The molecule has 1 saturated carbocycles. The molecule has 2 heterocycles. The molecule has 2 aromatic carbocycles. The number of hydrogen-bond donors (Lipinski definition) is 0. The standard InChI is InChI=1S/C21H18Cl2FN3O/c22-21(23)10-14(21)12-27-18-7-2-1-6-17(18)25-20(27)13-8-19(28)26(11-13)16-5-3-4-15(24)9-16/h1-7,9,13-14H,8,10-12H2. The summed E-state index contributed by atoms with van der Waals surface area (Å²) in [7, 11) is 0. The molecule has 0 spiro atoms. The Morgan fingerprint density at radius 1 is 1.18 bits per heavy atom. The highest BCUT2D eigenvalue weighted by Gasteiger charge is 2.52. The molecule has 1 aliphatic carbocycles. The van der Waals surface area contributed by atoms with E-state index in [1.807, 2.05) is 24.3 Å². The molecule has 0 radical (unpaired) electrons. The van der Waals surface area contributed by atoms with E-state index in [4.69, 9.17) is 28.2 Å². The SMILES string of the molecule is O=C1CC(c2nc3ccccc3n2CC2CC2(Cl)Cl)CN1c1cccc(F)c1. The fourth-order valence-electron chi connectivity index (χ4n) is 4.06. The number of benzene rings is 2. The lowest BCUT2D eigenvalue weighted by atomic mass is 10.1. The average molecular weight is 418 g/mol. The molecule has 2 unspecified atom stereocenters. The predicted molar refractivity (Wildman–Crippen MR) is 108 cm³/mol. The van der Waals surface area contributed by atoms with Crippen LogP contribution in [0.25, 0.3) is 11.0 Å². The lowest BCUT2D eigenvalue weighted by Gasteiger charge is -2.17. The van der Waals surface area contributed by atoms with Crippen molar-refractivity contribution in [3.05, 3.63) is 60.2 Å². The Balaban J connectivity index is 1.50. The lowest BCUT2D eigenvalue weighted by molar-refractivity contribution is -0.117. The van der Waals surface area contributed by atoms with E-state index in [0.29, 0.717) is 25.2 Å². The number of amides is 1. The molecule has 2 aliphatic rings. The van der Waals surface area contributed by atoms with Crippen molar-refractivity contribution in [1.29, 1.82) is 0 Å². The van der Waals surface area contributed by atoms with Crippen molar-refractivity contribution in [2.45, 2.75) is 29.6 Å². The van der Waals surface area contributed by atoms with Gasteiger partial charge in [-0.05, 0) is 36.8 Å². The molecular weight excluding hydrogens is 400 g/mol. The number of rotatable bonds is 4. The van der Waals surface area contributed by atoms with E-state index >= 15 is 0 Å². The van der Waals surface area contributed by atoms with Crippen LogP contribution in [0.1, 0.15) is 24.6 Å². The van der Waals surface area contributed by atoms with Crippen LogP contribution in [0.3, 0.4) is 0 Å². The van der Waals surface area contributed by atoms with Crippen LogP contribution in [0.2, 0.25) is 0 Å². The summed E-state index contributed by atoms with van der Waals surface area (Å²) >= 11 is 12.5. The molecule has 0 N–H and O–H groups in total. The Morgan fingerprint density at radius 3 is 2.71 bits per heavy atom. The number of hydrogen-bond acceptors (Lipinski definition) is 2. The maximum absolute atomic E-state index is 13.6. The summed E-state index contributed by atoms with van der Waals surface area (Å²) in [6.07, 6.45) is 1.10. The molecule has 5 rings (SSSR count). The Hall–Kier alpha value is -2.11. The van der Waals surface area contributed by atoms with Gasteiger partial charge in [0.2, 0.25) is 5.91 Å². The molecule has 2 atom stereocenters. The summed E-state index contributed by atoms with van der Waals surface area (Å²) in [5.74, 6) is 0.593. The second kappa shape index (κ2) is 6.46. The normalized spacial score (nSPS) is 23.5. The van der Waals surface area contributed by atoms with E-state index in [0.717, 1.165) is 23.3 Å². The van der Waals surface area contributed by atoms with Crippen LogP contribution in [0.5, 0.6) is 0 Å². The first-order valence-corrected chi connectivity index (χ1v) is 10.1. The molecule has 144 valence electrons. The van der Waals surface area contributed by atoms with Crippen molar-refractivity contribution in [2.75, 3.05) is 11.4 Å². The van der Waals surface area contributed by atoms with Crippen LogP contribution < -0.4 is 4.90 Å². The second-order valence-corrected chi connectivity index (χ2v) is 9.16. The van der Waals surface area contributed by atoms with Gasteiger partial charge in [-0.3, -0.25) is 4.79 Å². The summed E-state index contributed by atoms with van der Waals surface area (Å²) in [4.78, 5) is 19.1. The third-order valence-electron chi connectivity index (χ3n) is 5.65. The minimum Gasteiger partial charge on any atom is -0.327 e. The lowest BCUT2D eigenvalue weighted by Crippen LogP contribution is -2.24. The number of nitrogens with zero attached hydrogens (tertiary/aromatic N) is 3. The molecule has 3 aromatic rings. The highest BCUT2D eigenvalue weighted by Crippen LogP contribution is 2.54. The van der Waals surface area contributed by atoms with Crippen molar-refractivity contribution in [2.24, 2.45) is 5.92 Å². The number of para-hydroxylation sites is 2. The van der Waals surface area contributed by atoms with Crippen LogP contribution in [0.15, 0.2) is 48.5 Å². The Kier molecular flexibility index (Phi) is 4.14. The maximum Gasteiger partial charge on any atom is 0.227 e. The highest BCUT2D eigenvalue weighted by molar-refractivity contribution is 6.50. The summed E-state index contributed by atoms with van der Waals surface area (Å²) in [6.45, 7) is 1.15. The second-order valence-electron chi connectivity index (χ2n) is 7.62. The number of fused-ring (bicyclic) bond motifs is 1. The van der Waals surface area contributed by atoms with Gasteiger partial charge in [-0.25, -0.2) is 9.37 Å². The minimum atomic E-state index is -0.679. The van der Waals surface area contributed by atoms with Crippen LogP contribution in [0, 0.1) is 11.7 Å². The number of aromatic nitrogens is 2. The monoisotopic (exact) mass is 417 g/mol. The molecule has 4 nitrogen and oxygen atoms in total. The van der Waals surface area contributed by atoms with E-state index in [2.05, 4.69) is 4.57 Å². The fourth-order valence-corrected chi connectivity index (χ4v) is 4.57. The van der Waals surface area contributed by atoms with Crippen molar-refractivity contribution in [3.8, 4) is 0 Å². The quantitative estimate of drug-likeness (QED) is 0.566. The molecule has 1 aliphatic heterocycles. The van der Waals surface area contributed by atoms with Gasteiger partial charge in [0.05, 0.1) is 11.0 Å². The number of anilines is 1. The summed E-state index contributed by atoms with van der Waals surface area (Å²) in [5.41, 5.74) is 2.49. The van der Waals surface area contributed by atoms with E-state index in [9.17, 15) is 9.18 Å². The van der Waals surface area contributed by atoms with E-state index in [-0.39, 0.29) is 23.6 Å². The number of alkyl halides is 2. The maximum atomic E-state index is 13.6. The third-order valence-corrected chi connectivity index (χ3v) is 6.58. The van der Waals surface area contributed by atoms with E-state index < -0.39 is 4.33 Å². The largest absolute Gasteiger partial charge is 0.327 e. The number of carbonyl (C=O) groups excluding carboxylic acids is 1. The zero-order valence-corrected chi connectivity index (χ0v) is 16.5. The number of halogens is 3. The van der Waals surface area contributed by atoms with Gasteiger partial charge < -0.3 is 9.47 Å². The first-order valence-electron chi connectivity index (χ1n) is 9.31. The molecule has 0 bridgehead atoms. The van der Waals surface area contributed by atoms with Gasteiger partial charge in [-0.2, -0.15) is 0 Å². The van der Waals surface area contributed by atoms with Gasteiger partial charge in [-0.1, -0.05) is 18.2 Å². The smallest absolute Gasteiger partial charge is 0.227 e. The number of carbonyl (C=O) groups is 1. The fraction of sp³-hybridized carbons (Fsp3) is 0.333. The summed E-state index contributed by atoms with van der Waals surface area (Å²) in [6, 6.07) is 14.1. The molecule has 1 amide bonds. The molecule has 1 aromatic heterocycles. The van der Waals surface area contributed by atoms with Gasteiger partial charge in [0.1, 0.15) is 16.0 Å². The Morgan fingerprint density at radius 2 is 1.96 bits per heavy atom. The minimum absolute atomic E-state index is 0.0235. The van der Waals surface area contributed by atoms with Gasteiger partial charge in [0, 0.05) is 37.0 Å². The first-order chi connectivity index (χ1) is 13.4. The molecule has 1 saturated heterocycles. The van der Waals surface area contributed by atoms with Crippen LogP contribution >= 0.6 is 23.2 Å². The van der Waals surface area contributed by atoms with Crippen molar-refractivity contribution < 1.29 is 9.18 Å². The highest BCUT2D eigenvalue weighted by atomic mass is 35.5. The average Bonchev–Trinajstić information content (AvgIpc) is 2.98. The summed E-state index contributed by atoms with van der Waals surface area (Å²) in [5, 5.41) is 0. The van der Waals surface area contributed by atoms with Crippen molar-refractivity contribution in [3.63, 3.8) is 0 Å². The first kappa shape index (κ1) is 18.0. The topological polar surface area (TPSA) is 38.1 Å². The van der Waals surface area contributed by atoms with Gasteiger partial charge in [0.25, 0.3) is 0 Å². The predicted octanol–water partition coefficient (Wildman–Crippen LogP) is 4.89. The molecule has 2 fully saturated rings. The van der Waals surface area contributed by atoms with Gasteiger partial charge >= 0.3 is 0 Å². The zero-order chi connectivity index (χ0) is 19.5. The Bertz CT molecular complexity index is 1080. The zero-order valence-electron chi connectivity index (χ0n) is 15.0. The van der Waals surface area contributed by atoms with Crippen LogP contribution in [-0.2, 0) is 11.3 Å². The molecular formula is C21H18Cl2FN3O. The summed E-state index contributed by atoms with van der Waals surface area (Å²) < 4.78 is 15.1. The van der Waals surface area contributed by atoms with Gasteiger partial charge in [0.15, 0.2) is 0 Å². The van der Waals surface area contributed by atoms with Crippen LogP contribution in [0.4, 0.5) is 10.1 Å². The van der Waals surface area contributed by atoms with E-state index in [1.165, 1.54) is 12.1 Å².